The molecule has 0 aliphatic rings. The van der Waals surface area contributed by atoms with Crippen LogP contribution < -0.4 is 5.32 Å². The smallest absolute Gasteiger partial charge is 0.257 e. The van der Waals surface area contributed by atoms with Crippen LogP contribution >= 0.6 is 11.3 Å². The maximum absolute atomic E-state index is 13.0. The van der Waals surface area contributed by atoms with Gasteiger partial charge < -0.3 is 0 Å². The Labute approximate surface area is 181 Å². The molecule has 1 N–H and O–H groups in total. The largest absolute Gasteiger partial charge is 0.298 e. The van der Waals surface area contributed by atoms with E-state index in [4.69, 9.17) is 0 Å². The number of nitrogens with one attached hydrogen (secondary N) is 1. The van der Waals surface area contributed by atoms with Crippen molar-refractivity contribution in [2.24, 2.45) is 0 Å². The summed E-state index contributed by atoms with van der Waals surface area (Å²) in [5.74, 6) is -0.108. The van der Waals surface area contributed by atoms with Gasteiger partial charge in [0.2, 0.25) is 0 Å². The van der Waals surface area contributed by atoms with Gasteiger partial charge in [0.15, 0.2) is 5.13 Å². The Bertz CT molecular complexity index is 1150. The van der Waals surface area contributed by atoms with E-state index in [0.29, 0.717) is 10.7 Å². The van der Waals surface area contributed by atoms with E-state index in [0.717, 1.165) is 34.5 Å². The molecule has 30 heavy (non-hydrogen) atoms. The van der Waals surface area contributed by atoms with Crippen molar-refractivity contribution in [2.45, 2.75) is 26.7 Å². The molecule has 1 aromatic heterocycles. The van der Waals surface area contributed by atoms with Gasteiger partial charge in [-0.1, -0.05) is 78.4 Å². The second kappa shape index (κ2) is 9.06. The molecule has 4 aromatic rings. The Morgan fingerprint density at radius 2 is 1.57 bits per heavy atom. The lowest BCUT2D eigenvalue weighted by Crippen LogP contribution is -2.14. The van der Waals surface area contributed by atoms with Crippen molar-refractivity contribution in [1.82, 2.24) is 4.98 Å². The SMILES string of the molecule is Cc1ccc(-c2nc(NC(=O)c3ccccc3CCc3ccccc3)sc2C)cc1. The number of carbonyl (C=O) groups excluding carboxylic acids is 1. The van der Waals surface area contributed by atoms with E-state index in [1.54, 1.807) is 0 Å². The summed E-state index contributed by atoms with van der Waals surface area (Å²) in [7, 11) is 0. The van der Waals surface area contributed by atoms with E-state index in [1.165, 1.54) is 22.5 Å². The average Bonchev–Trinajstić information content (AvgIpc) is 3.13. The fourth-order valence-electron chi connectivity index (χ4n) is 3.48. The van der Waals surface area contributed by atoms with Crippen LogP contribution in [0.5, 0.6) is 0 Å². The second-order valence-electron chi connectivity index (χ2n) is 7.39. The highest BCUT2D eigenvalue weighted by Crippen LogP contribution is 2.31. The number of hydrogen-bond acceptors (Lipinski definition) is 3. The topological polar surface area (TPSA) is 42.0 Å². The van der Waals surface area contributed by atoms with Gasteiger partial charge in [-0.25, -0.2) is 4.98 Å². The molecule has 0 saturated carbocycles. The molecule has 0 unspecified atom stereocenters. The van der Waals surface area contributed by atoms with Crippen molar-refractivity contribution in [3.63, 3.8) is 0 Å². The molecule has 3 nitrogen and oxygen atoms in total. The van der Waals surface area contributed by atoms with E-state index in [-0.39, 0.29) is 5.91 Å². The number of thiazole rings is 1. The number of nitrogens with zero attached hydrogens (tertiary/aromatic N) is 1. The normalized spacial score (nSPS) is 10.7. The summed E-state index contributed by atoms with van der Waals surface area (Å²) >= 11 is 1.51. The third kappa shape index (κ3) is 4.66. The highest BCUT2D eigenvalue weighted by Gasteiger charge is 2.15. The molecule has 1 heterocycles. The van der Waals surface area contributed by atoms with Gasteiger partial charge in [-0.15, -0.1) is 11.3 Å². The van der Waals surface area contributed by atoms with Crippen LogP contribution in [0.25, 0.3) is 11.3 Å². The van der Waals surface area contributed by atoms with Crippen LogP contribution in [-0.2, 0) is 12.8 Å². The fraction of sp³-hybridized carbons (Fsp3) is 0.154. The Morgan fingerprint density at radius 3 is 2.33 bits per heavy atom. The minimum Gasteiger partial charge on any atom is -0.298 e. The number of aromatic nitrogens is 1. The van der Waals surface area contributed by atoms with E-state index < -0.39 is 0 Å². The molecular formula is C26H24N2OS. The van der Waals surface area contributed by atoms with Crippen LogP contribution in [0.4, 0.5) is 5.13 Å². The lowest BCUT2D eigenvalue weighted by molar-refractivity contribution is 0.102. The monoisotopic (exact) mass is 412 g/mol. The molecule has 0 radical (unpaired) electrons. The lowest BCUT2D eigenvalue weighted by atomic mass is 9.99. The number of amides is 1. The first-order valence-electron chi connectivity index (χ1n) is 10.1. The second-order valence-corrected chi connectivity index (χ2v) is 8.59. The Balaban J connectivity index is 1.51. The van der Waals surface area contributed by atoms with Crippen LogP contribution in [0, 0.1) is 13.8 Å². The van der Waals surface area contributed by atoms with Crippen molar-refractivity contribution in [3.05, 3.63) is 106 Å². The van der Waals surface area contributed by atoms with E-state index in [2.05, 4.69) is 53.6 Å². The lowest BCUT2D eigenvalue weighted by Gasteiger charge is -2.09. The minimum absolute atomic E-state index is 0.108. The van der Waals surface area contributed by atoms with Gasteiger partial charge in [0, 0.05) is 16.0 Å². The number of benzene rings is 3. The molecule has 1 amide bonds. The quantitative estimate of drug-likeness (QED) is 0.395. The Hall–Kier alpha value is -3.24. The van der Waals surface area contributed by atoms with Crippen LogP contribution in [0.3, 0.4) is 0 Å². The van der Waals surface area contributed by atoms with Gasteiger partial charge >= 0.3 is 0 Å². The molecule has 0 aliphatic heterocycles. The maximum atomic E-state index is 13.0. The van der Waals surface area contributed by atoms with Crippen LogP contribution in [-0.4, -0.2) is 10.9 Å². The molecule has 4 heteroatoms. The zero-order chi connectivity index (χ0) is 20.9. The number of carbonyl (C=O) groups is 1. The number of aryl methyl sites for hydroxylation is 4. The zero-order valence-electron chi connectivity index (χ0n) is 17.2. The highest BCUT2D eigenvalue weighted by atomic mass is 32.1. The molecule has 0 aliphatic carbocycles. The number of rotatable bonds is 6. The van der Waals surface area contributed by atoms with Gasteiger partial charge in [-0.05, 0) is 43.9 Å². The van der Waals surface area contributed by atoms with Gasteiger partial charge in [-0.2, -0.15) is 0 Å². The van der Waals surface area contributed by atoms with E-state index >= 15 is 0 Å². The van der Waals surface area contributed by atoms with Crippen molar-refractivity contribution in [1.29, 1.82) is 0 Å². The van der Waals surface area contributed by atoms with Crippen molar-refractivity contribution < 1.29 is 4.79 Å². The summed E-state index contributed by atoms with van der Waals surface area (Å²) in [5.41, 5.74) is 6.23. The predicted octanol–water partition coefficient (Wildman–Crippen LogP) is 6.46. The minimum atomic E-state index is -0.108. The molecule has 4 rings (SSSR count). The maximum Gasteiger partial charge on any atom is 0.257 e. The van der Waals surface area contributed by atoms with Crippen molar-refractivity contribution >= 4 is 22.4 Å². The fourth-order valence-corrected chi connectivity index (χ4v) is 4.31. The van der Waals surface area contributed by atoms with Gasteiger partial charge in [0.25, 0.3) is 5.91 Å². The predicted molar refractivity (Wildman–Crippen MR) is 125 cm³/mol. The van der Waals surface area contributed by atoms with E-state index in [1.807, 2.05) is 49.4 Å². The van der Waals surface area contributed by atoms with Crippen LogP contribution in [0.1, 0.15) is 31.9 Å². The number of anilines is 1. The molecule has 3 aromatic carbocycles. The summed E-state index contributed by atoms with van der Waals surface area (Å²) in [6.07, 6.45) is 1.72. The van der Waals surface area contributed by atoms with Gasteiger partial charge in [-0.3, -0.25) is 10.1 Å². The Kier molecular flexibility index (Phi) is 6.05. The molecular weight excluding hydrogens is 388 g/mol. The first-order chi connectivity index (χ1) is 14.6. The van der Waals surface area contributed by atoms with E-state index in [9.17, 15) is 4.79 Å². The number of hydrogen-bond donors (Lipinski definition) is 1. The molecule has 0 saturated heterocycles. The zero-order valence-corrected chi connectivity index (χ0v) is 18.0. The summed E-state index contributed by atoms with van der Waals surface area (Å²) in [5, 5.41) is 3.64. The summed E-state index contributed by atoms with van der Waals surface area (Å²) in [6.45, 7) is 4.11. The first kappa shape index (κ1) is 20.0. The molecule has 150 valence electrons. The molecule has 0 spiro atoms. The third-order valence-electron chi connectivity index (χ3n) is 5.13. The summed E-state index contributed by atoms with van der Waals surface area (Å²) in [6, 6.07) is 26.5. The molecule has 0 bridgehead atoms. The van der Waals surface area contributed by atoms with Crippen molar-refractivity contribution in [3.8, 4) is 11.3 Å². The summed E-state index contributed by atoms with van der Waals surface area (Å²) < 4.78 is 0. The standard InChI is InChI=1S/C26H24N2OS/c1-18-12-15-22(16-13-18)24-19(2)30-26(27-24)28-25(29)23-11-7-6-10-21(23)17-14-20-8-4-3-5-9-20/h3-13,15-16H,14,17H2,1-2H3,(H,27,28,29). The van der Waals surface area contributed by atoms with Crippen LogP contribution in [0.15, 0.2) is 78.9 Å². The molecule has 0 fully saturated rings. The first-order valence-corrected chi connectivity index (χ1v) is 10.9. The Morgan fingerprint density at radius 1 is 0.867 bits per heavy atom. The van der Waals surface area contributed by atoms with Gasteiger partial charge in [0.1, 0.15) is 0 Å². The highest BCUT2D eigenvalue weighted by molar-refractivity contribution is 7.16. The summed E-state index contributed by atoms with van der Waals surface area (Å²) in [4.78, 5) is 18.8. The third-order valence-corrected chi connectivity index (χ3v) is 6.02. The van der Waals surface area contributed by atoms with Crippen molar-refractivity contribution in [2.75, 3.05) is 5.32 Å². The average molecular weight is 413 g/mol. The van der Waals surface area contributed by atoms with Gasteiger partial charge in [0.05, 0.1) is 5.69 Å². The molecule has 0 atom stereocenters. The van der Waals surface area contributed by atoms with Crippen LogP contribution in [0.2, 0.25) is 0 Å².